The first-order valence-electron chi connectivity index (χ1n) is 7.78. The first-order valence-corrected chi connectivity index (χ1v) is 7.78. The monoisotopic (exact) mass is 284 g/mol. The van der Waals surface area contributed by atoms with Gasteiger partial charge in [0.1, 0.15) is 0 Å². The molecule has 112 valence electrons. The summed E-state index contributed by atoms with van der Waals surface area (Å²) in [4.78, 5) is 2.56. The molecule has 0 saturated carbocycles. The number of aromatic nitrogens is 2. The molecule has 1 N–H and O–H groups in total. The van der Waals surface area contributed by atoms with Crippen LogP contribution in [0.4, 0.5) is 0 Å². The highest BCUT2D eigenvalue weighted by molar-refractivity contribution is 5.20. The Morgan fingerprint density at radius 1 is 1.24 bits per heavy atom. The van der Waals surface area contributed by atoms with Crippen molar-refractivity contribution < 1.29 is 0 Å². The lowest BCUT2D eigenvalue weighted by molar-refractivity contribution is 0.148. The van der Waals surface area contributed by atoms with Gasteiger partial charge in [0.25, 0.3) is 0 Å². The van der Waals surface area contributed by atoms with Crippen LogP contribution in [0.25, 0.3) is 0 Å². The minimum atomic E-state index is 0.410. The van der Waals surface area contributed by atoms with Crippen LogP contribution >= 0.6 is 0 Å². The lowest BCUT2D eigenvalue weighted by atomic mass is 10.0. The zero-order chi connectivity index (χ0) is 14.7. The van der Waals surface area contributed by atoms with Crippen molar-refractivity contribution in [2.45, 2.75) is 32.5 Å². The second kappa shape index (κ2) is 6.41. The lowest BCUT2D eigenvalue weighted by Crippen LogP contribution is -2.45. The molecule has 0 bridgehead atoms. The van der Waals surface area contributed by atoms with E-state index >= 15 is 0 Å². The van der Waals surface area contributed by atoms with E-state index in [1.807, 2.05) is 6.20 Å². The molecular weight excluding hydrogens is 260 g/mol. The highest BCUT2D eigenvalue weighted by atomic mass is 15.3. The molecule has 1 aliphatic rings. The van der Waals surface area contributed by atoms with Crippen molar-refractivity contribution in [3.63, 3.8) is 0 Å². The Bertz CT molecular complexity index is 561. The third-order valence-electron chi connectivity index (χ3n) is 4.15. The van der Waals surface area contributed by atoms with Gasteiger partial charge >= 0.3 is 0 Å². The third-order valence-corrected chi connectivity index (χ3v) is 4.15. The van der Waals surface area contributed by atoms with E-state index in [2.05, 4.69) is 70.2 Å². The van der Waals surface area contributed by atoms with E-state index in [0.29, 0.717) is 12.1 Å². The van der Waals surface area contributed by atoms with E-state index in [4.69, 9.17) is 0 Å². The largest absolute Gasteiger partial charge is 0.314 e. The van der Waals surface area contributed by atoms with Crippen LogP contribution in [0, 0.1) is 0 Å². The average Bonchev–Trinajstić information content (AvgIpc) is 2.97. The van der Waals surface area contributed by atoms with Gasteiger partial charge in [-0.2, -0.15) is 5.10 Å². The maximum Gasteiger partial charge on any atom is 0.0527 e. The van der Waals surface area contributed by atoms with E-state index in [-0.39, 0.29) is 0 Å². The van der Waals surface area contributed by atoms with Gasteiger partial charge in [0.15, 0.2) is 0 Å². The van der Waals surface area contributed by atoms with Gasteiger partial charge in [-0.15, -0.1) is 0 Å². The van der Waals surface area contributed by atoms with Gasteiger partial charge in [0.2, 0.25) is 0 Å². The van der Waals surface area contributed by atoms with Gasteiger partial charge in [0, 0.05) is 44.5 Å². The summed E-state index contributed by atoms with van der Waals surface area (Å²) in [5, 5.41) is 7.97. The van der Waals surface area contributed by atoms with Crippen molar-refractivity contribution >= 4 is 0 Å². The van der Waals surface area contributed by atoms with E-state index in [9.17, 15) is 0 Å². The molecule has 21 heavy (non-hydrogen) atoms. The minimum absolute atomic E-state index is 0.410. The van der Waals surface area contributed by atoms with Crippen LogP contribution in [0.1, 0.15) is 37.2 Å². The molecular formula is C17H24N4. The van der Waals surface area contributed by atoms with Crippen molar-refractivity contribution in [2.75, 3.05) is 19.6 Å². The molecule has 1 aromatic carbocycles. The summed E-state index contributed by atoms with van der Waals surface area (Å²) in [5.41, 5.74) is 2.69. The van der Waals surface area contributed by atoms with Crippen molar-refractivity contribution in [3.05, 3.63) is 53.9 Å². The fourth-order valence-corrected chi connectivity index (χ4v) is 3.08. The highest BCUT2D eigenvalue weighted by Gasteiger charge is 2.24. The quantitative estimate of drug-likeness (QED) is 0.937. The molecule has 2 aromatic rings. The normalized spacial score (nSPS) is 20.0. The van der Waals surface area contributed by atoms with Crippen molar-refractivity contribution in [1.82, 2.24) is 20.0 Å². The van der Waals surface area contributed by atoms with E-state index in [1.54, 1.807) is 0 Å². The van der Waals surface area contributed by atoms with Gasteiger partial charge in [-0.1, -0.05) is 30.3 Å². The highest BCUT2D eigenvalue weighted by Crippen LogP contribution is 2.24. The molecule has 0 spiro atoms. The van der Waals surface area contributed by atoms with Crippen molar-refractivity contribution in [2.24, 2.45) is 0 Å². The Hall–Kier alpha value is -1.65. The minimum Gasteiger partial charge on any atom is -0.314 e. The number of piperazine rings is 1. The number of benzene rings is 1. The molecule has 1 fully saturated rings. The van der Waals surface area contributed by atoms with Crippen LogP contribution in [0.2, 0.25) is 0 Å². The second-order valence-electron chi connectivity index (χ2n) is 5.96. The zero-order valence-corrected chi connectivity index (χ0v) is 12.9. The van der Waals surface area contributed by atoms with E-state index in [1.165, 1.54) is 11.3 Å². The summed E-state index contributed by atoms with van der Waals surface area (Å²) in [6, 6.07) is 13.8. The first-order chi connectivity index (χ1) is 10.3. The fraction of sp³-hybridized carbons (Fsp3) is 0.471. The molecule has 0 unspecified atom stereocenters. The first kappa shape index (κ1) is 14.3. The van der Waals surface area contributed by atoms with Crippen LogP contribution in [0.5, 0.6) is 0 Å². The van der Waals surface area contributed by atoms with Crippen molar-refractivity contribution in [1.29, 1.82) is 0 Å². The maximum atomic E-state index is 4.45. The Kier molecular flexibility index (Phi) is 4.36. The summed E-state index contributed by atoms with van der Waals surface area (Å²) in [5.74, 6) is 0. The molecule has 1 saturated heterocycles. The SMILES string of the molecule is CC(C)n1nccc1CN1CCNC[C@@H]1c1ccccc1. The smallest absolute Gasteiger partial charge is 0.0527 e. The number of nitrogens with zero attached hydrogens (tertiary/aromatic N) is 3. The Morgan fingerprint density at radius 2 is 2.05 bits per heavy atom. The summed E-state index contributed by atoms with van der Waals surface area (Å²) in [6.45, 7) is 8.47. The van der Waals surface area contributed by atoms with Gasteiger partial charge in [-0.05, 0) is 25.5 Å². The summed E-state index contributed by atoms with van der Waals surface area (Å²) in [7, 11) is 0. The molecule has 1 aromatic heterocycles. The Labute approximate surface area is 126 Å². The Balaban J connectivity index is 1.80. The molecule has 3 rings (SSSR count). The fourth-order valence-electron chi connectivity index (χ4n) is 3.08. The van der Waals surface area contributed by atoms with Gasteiger partial charge < -0.3 is 5.32 Å². The molecule has 1 atom stereocenters. The van der Waals surface area contributed by atoms with Crippen LogP contribution in [0.15, 0.2) is 42.6 Å². The number of nitrogens with one attached hydrogen (secondary N) is 1. The molecule has 4 nitrogen and oxygen atoms in total. The topological polar surface area (TPSA) is 33.1 Å². The van der Waals surface area contributed by atoms with Gasteiger partial charge in [0.05, 0.1) is 5.69 Å². The zero-order valence-electron chi connectivity index (χ0n) is 12.9. The van der Waals surface area contributed by atoms with E-state index in [0.717, 1.165) is 26.2 Å². The summed E-state index contributed by atoms with van der Waals surface area (Å²) >= 11 is 0. The van der Waals surface area contributed by atoms with Crippen LogP contribution in [-0.4, -0.2) is 34.3 Å². The summed E-state index contributed by atoms with van der Waals surface area (Å²) in [6.07, 6.45) is 1.91. The Morgan fingerprint density at radius 3 is 2.81 bits per heavy atom. The molecule has 4 heteroatoms. The molecule has 2 heterocycles. The van der Waals surface area contributed by atoms with Crippen molar-refractivity contribution in [3.8, 4) is 0 Å². The molecule has 0 radical (unpaired) electrons. The van der Waals surface area contributed by atoms with E-state index < -0.39 is 0 Å². The number of hydrogen-bond acceptors (Lipinski definition) is 3. The second-order valence-corrected chi connectivity index (χ2v) is 5.96. The third kappa shape index (κ3) is 3.17. The van der Waals surface area contributed by atoms with Gasteiger partial charge in [-0.25, -0.2) is 0 Å². The average molecular weight is 284 g/mol. The van der Waals surface area contributed by atoms with Crippen LogP contribution < -0.4 is 5.32 Å². The maximum absolute atomic E-state index is 4.45. The predicted octanol–water partition coefficient (Wildman–Crippen LogP) is 2.61. The standard InChI is InChI=1S/C17H24N4/c1-14(2)21-16(8-9-19-21)13-20-11-10-18-12-17(20)15-6-4-3-5-7-15/h3-9,14,17-18H,10-13H2,1-2H3/t17-/m1/s1. The lowest BCUT2D eigenvalue weighted by Gasteiger charge is -2.36. The number of rotatable bonds is 4. The predicted molar refractivity (Wildman–Crippen MR) is 85.1 cm³/mol. The van der Waals surface area contributed by atoms with Gasteiger partial charge in [-0.3, -0.25) is 9.58 Å². The molecule has 0 aliphatic carbocycles. The summed E-state index contributed by atoms with van der Waals surface area (Å²) < 4.78 is 2.13. The van der Waals surface area contributed by atoms with Crippen LogP contribution in [-0.2, 0) is 6.54 Å². The number of hydrogen-bond donors (Lipinski definition) is 1. The molecule has 0 amide bonds. The van der Waals surface area contributed by atoms with Crippen LogP contribution in [0.3, 0.4) is 0 Å². The molecule has 1 aliphatic heterocycles.